The summed E-state index contributed by atoms with van der Waals surface area (Å²) in [7, 11) is 1.65. The molecular weight excluding hydrogens is 334 g/mol. The van der Waals surface area contributed by atoms with E-state index in [2.05, 4.69) is 11.1 Å². The molecule has 0 radical (unpaired) electrons. The van der Waals surface area contributed by atoms with Crippen molar-refractivity contribution in [3.8, 4) is 23.3 Å². The van der Waals surface area contributed by atoms with Crippen LogP contribution in [0.5, 0.6) is 11.5 Å². The molecule has 25 heavy (non-hydrogen) atoms. The number of benzene rings is 2. The molecule has 0 saturated carbocycles. The van der Waals surface area contributed by atoms with Gasteiger partial charge in [-0.2, -0.15) is 5.26 Å². The fraction of sp³-hybridized carbons (Fsp3) is 0.158. The highest BCUT2D eigenvalue weighted by Crippen LogP contribution is 2.22. The van der Waals surface area contributed by atoms with E-state index in [0.717, 1.165) is 28.1 Å². The SMILES string of the molecule is COc1ccc(-n2ccnc2SCCOc2ccc(C#N)cc2)cc1. The van der Waals surface area contributed by atoms with Gasteiger partial charge in [0.2, 0.25) is 0 Å². The Morgan fingerprint density at radius 3 is 2.48 bits per heavy atom. The number of ether oxygens (including phenoxy) is 2. The minimum Gasteiger partial charge on any atom is -0.497 e. The van der Waals surface area contributed by atoms with Crippen LogP contribution in [-0.2, 0) is 0 Å². The van der Waals surface area contributed by atoms with Crippen molar-refractivity contribution in [3.05, 3.63) is 66.5 Å². The van der Waals surface area contributed by atoms with E-state index >= 15 is 0 Å². The molecule has 5 nitrogen and oxygen atoms in total. The molecular formula is C19H17N3O2S. The van der Waals surface area contributed by atoms with E-state index in [4.69, 9.17) is 14.7 Å². The first kappa shape index (κ1) is 16.9. The van der Waals surface area contributed by atoms with Crippen molar-refractivity contribution in [2.75, 3.05) is 19.5 Å². The Hall–Kier alpha value is -2.91. The third-order valence-corrected chi connectivity index (χ3v) is 4.46. The molecule has 126 valence electrons. The van der Waals surface area contributed by atoms with Gasteiger partial charge in [0.15, 0.2) is 5.16 Å². The summed E-state index contributed by atoms with van der Waals surface area (Å²) in [5.41, 5.74) is 1.66. The first-order valence-corrected chi connectivity index (χ1v) is 8.72. The Labute approximate surface area is 150 Å². The molecule has 1 heterocycles. The number of rotatable bonds is 7. The molecule has 3 aromatic rings. The van der Waals surface area contributed by atoms with Gasteiger partial charge in [-0.15, -0.1) is 0 Å². The Bertz CT molecular complexity index is 852. The zero-order valence-corrected chi connectivity index (χ0v) is 14.6. The van der Waals surface area contributed by atoms with Crippen molar-refractivity contribution in [2.45, 2.75) is 5.16 Å². The van der Waals surface area contributed by atoms with E-state index in [0.29, 0.717) is 12.2 Å². The smallest absolute Gasteiger partial charge is 0.172 e. The van der Waals surface area contributed by atoms with Crippen LogP contribution in [0.4, 0.5) is 0 Å². The highest BCUT2D eigenvalue weighted by atomic mass is 32.2. The van der Waals surface area contributed by atoms with Crippen LogP contribution in [0.15, 0.2) is 66.1 Å². The molecule has 0 unspecified atom stereocenters. The van der Waals surface area contributed by atoms with Gasteiger partial charge in [0, 0.05) is 23.8 Å². The zero-order chi connectivity index (χ0) is 17.5. The predicted molar refractivity (Wildman–Crippen MR) is 97.5 cm³/mol. The number of thioether (sulfide) groups is 1. The lowest BCUT2D eigenvalue weighted by Gasteiger charge is -2.09. The lowest BCUT2D eigenvalue weighted by Crippen LogP contribution is -2.02. The van der Waals surface area contributed by atoms with Gasteiger partial charge in [0.25, 0.3) is 0 Å². The van der Waals surface area contributed by atoms with Gasteiger partial charge in [-0.25, -0.2) is 4.98 Å². The van der Waals surface area contributed by atoms with Crippen molar-refractivity contribution in [3.63, 3.8) is 0 Å². The van der Waals surface area contributed by atoms with Crippen LogP contribution in [0.1, 0.15) is 5.56 Å². The molecule has 0 atom stereocenters. The van der Waals surface area contributed by atoms with Gasteiger partial charge < -0.3 is 9.47 Å². The number of methoxy groups -OCH3 is 1. The molecule has 0 N–H and O–H groups in total. The number of nitrogens with zero attached hydrogens (tertiary/aromatic N) is 3. The van der Waals surface area contributed by atoms with Gasteiger partial charge in [-0.05, 0) is 48.5 Å². The lowest BCUT2D eigenvalue weighted by molar-refractivity contribution is 0.344. The summed E-state index contributed by atoms with van der Waals surface area (Å²) in [5.74, 6) is 2.36. The Kier molecular flexibility index (Phi) is 5.60. The molecule has 0 aliphatic heterocycles. The van der Waals surface area contributed by atoms with Gasteiger partial charge in [-0.1, -0.05) is 11.8 Å². The molecule has 0 amide bonds. The summed E-state index contributed by atoms with van der Waals surface area (Å²) >= 11 is 1.63. The Balaban J connectivity index is 1.55. The van der Waals surface area contributed by atoms with Crippen LogP contribution >= 0.6 is 11.8 Å². The summed E-state index contributed by atoms with van der Waals surface area (Å²) in [6.45, 7) is 0.562. The summed E-state index contributed by atoms with van der Waals surface area (Å²) in [4.78, 5) is 4.41. The second-order valence-corrected chi connectivity index (χ2v) is 6.17. The minimum absolute atomic E-state index is 0.562. The van der Waals surface area contributed by atoms with Gasteiger partial charge >= 0.3 is 0 Å². The van der Waals surface area contributed by atoms with Crippen LogP contribution < -0.4 is 9.47 Å². The summed E-state index contributed by atoms with van der Waals surface area (Å²) < 4.78 is 12.9. The summed E-state index contributed by atoms with van der Waals surface area (Å²) in [6.07, 6.45) is 3.72. The van der Waals surface area contributed by atoms with Crippen molar-refractivity contribution in [1.82, 2.24) is 9.55 Å². The molecule has 0 fully saturated rings. The normalized spacial score (nSPS) is 10.2. The van der Waals surface area contributed by atoms with E-state index in [9.17, 15) is 0 Å². The Morgan fingerprint density at radius 2 is 1.80 bits per heavy atom. The van der Waals surface area contributed by atoms with Gasteiger partial charge in [0.1, 0.15) is 11.5 Å². The largest absolute Gasteiger partial charge is 0.497 e. The number of imidazole rings is 1. The van der Waals surface area contributed by atoms with Crippen LogP contribution in [0.3, 0.4) is 0 Å². The Morgan fingerprint density at radius 1 is 1.08 bits per heavy atom. The molecule has 3 rings (SSSR count). The van der Waals surface area contributed by atoms with E-state index in [1.165, 1.54) is 0 Å². The first-order chi connectivity index (χ1) is 12.3. The minimum atomic E-state index is 0.562. The second kappa shape index (κ2) is 8.27. The molecule has 0 saturated heterocycles. The molecule has 6 heteroatoms. The van der Waals surface area contributed by atoms with E-state index < -0.39 is 0 Å². The number of hydrogen-bond donors (Lipinski definition) is 0. The number of hydrogen-bond acceptors (Lipinski definition) is 5. The van der Waals surface area contributed by atoms with Crippen LogP contribution in [-0.4, -0.2) is 29.0 Å². The summed E-state index contributed by atoms with van der Waals surface area (Å²) in [6, 6.07) is 17.1. The number of nitriles is 1. The third-order valence-electron chi connectivity index (χ3n) is 3.52. The third kappa shape index (κ3) is 4.34. The fourth-order valence-corrected chi connectivity index (χ4v) is 3.04. The average molecular weight is 351 g/mol. The maximum absolute atomic E-state index is 8.79. The van der Waals surface area contributed by atoms with E-state index in [1.54, 1.807) is 37.2 Å². The number of aromatic nitrogens is 2. The highest BCUT2D eigenvalue weighted by Gasteiger charge is 2.06. The second-order valence-electron chi connectivity index (χ2n) is 5.11. The average Bonchev–Trinajstić information content (AvgIpc) is 3.14. The van der Waals surface area contributed by atoms with E-state index in [-0.39, 0.29) is 0 Å². The zero-order valence-electron chi connectivity index (χ0n) is 13.8. The fourth-order valence-electron chi connectivity index (χ4n) is 2.25. The van der Waals surface area contributed by atoms with Crippen LogP contribution in [0.25, 0.3) is 5.69 Å². The maximum atomic E-state index is 8.79. The molecule has 0 aliphatic carbocycles. The highest BCUT2D eigenvalue weighted by molar-refractivity contribution is 7.99. The molecule has 1 aromatic heterocycles. The van der Waals surface area contributed by atoms with Crippen molar-refractivity contribution >= 4 is 11.8 Å². The molecule has 0 bridgehead atoms. The molecule has 0 spiro atoms. The summed E-state index contributed by atoms with van der Waals surface area (Å²) in [5, 5.41) is 9.70. The van der Waals surface area contributed by atoms with Gasteiger partial charge in [-0.3, -0.25) is 4.57 Å². The molecule has 2 aromatic carbocycles. The van der Waals surface area contributed by atoms with Crippen molar-refractivity contribution < 1.29 is 9.47 Å². The molecule has 0 aliphatic rings. The monoisotopic (exact) mass is 351 g/mol. The maximum Gasteiger partial charge on any atom is 0.172 e. The topological polar surface area (TPSA) is 60.1 Å². The van der Waals surface area contributed by atoms with Gasteiger partial charge in [0.05, 0.1) is 25.3 Å². The van der Waals surface area contributed by atoms with Crippen molar-refractivity contribution in [1.29, 1.82) is 5.26 Å². The van der Waals surface area contributed by atoms with Crippen LogP contribution in [0, 0.1) is 11.3 Å². The van der Waals surface area contributed by atoms with Crippen molar-refractivity contribution in [2.24, 2.45) is 0 Å². The van der Waals surface area contributed by atoms with E-state index in [1.807, 2.05) is 47.2 Å². The predicted octanol–water partition coefficient (Wildman–Crippen LogP) is 3.92. The van der Waals surface area contributed by atoms with Crippen LogP contribution in [0.2, 0.25) is 0 Å². The first-order valence-electron chi connectivity index (χ1n) is 7.73. The standard InChI is InChI=1S/C19H17N3O2S/c1-23-17-8-4-16(5-9-17)22-11-10-21-19(22)25-13-12-24-18-6-2-15(14-20)3-7-18/h2-11H,12-13H2,1H3. The quantitative estimate of drug-likeness (QED) is 0.477. The lowest BCUT2D eigenvalue weighted by atomic mass is 10.2.